The van der Waals surface area contributed by atoms with Crippen molar-refractivity contribution in [3.63, 3.8) is 0 Å². The SMILES string of the molecule is CC1=NN(c2nc(-c3ccc(C)cc3)cs2)C(=O)C1C(c1ccccc1)C(C#N)C(N)=O. The van der Waals surface area contributed by atoms with E-state index >= 15 is 0 Å². The molecule has 3 unspecified atom stereocenters. The lowest BCUT2D eigenvalue weighted by Crippen LogP contribution is -2.38. The fourth-order valence-corrected chi connectivity index (χ4v) is 4.71. The third-order valence-corrected chi connectivity index (χ3v) is 6.37. The van der Waals surface area contributed by atoms with Gasteiger partial charge < -0.3 is 5.73 Å². The number of hydrazone groups is 1. The number of aryl methyl sites for hydroxylation is 1. The van der Waals surface area contributed by atoms with E-state index in [0.29, 0.717) is 16.4 Å². The lowest BCUT2D eigenvalue weighted by Gasteiger charge is -2.25. The summed E-state index contributed by atoms with van der Waals surface area (Å²) >= 11 is 1.31. The molecular formula is C24H21N5O2S. The van der Waals surface area contributed by atoms with Crippen LogP contribution < -0.4 is 10.7 Å². The molecule has 1 aromatic heterocycles. The first kappa shape index (κ1) is 21.4. The highest BCUT2D eigenvalue weighted by Crippen LogP contribution is 2.39. The first-order chi connectivity index (χ1) is 15.4. The molecule has 2 amide bonds. The minimum atomic E-state index is -1.17. The van der Waals surface area contributed by atoms with Gasteiger partial charge in [-0.1, -0.05) is 60.2 Å². The first-order valence-electron chi connectivity index (χ1n) is 10.1. The second kappa shape index (κ2) is 8.73. The van der Waals surface area contributed by atoms with E-state index in [1.807, 2.05) is 48.7 Å². The number of aromatic nitrogens is 1. The van der Waals surface area contributed by atoms with Crippen LogP contribution in [0.2, 0.25) is 0 Å². The number of benzene rings is 2. The van der Waals surface area contributed by atoms with Crippen molar-refractivity contribution in [3.05, 3.63) is 71.1 Å². The van der Waals surface area contributed by atoms with E-state index in [4.69, 9.17) is 5.73 Å². The molecule has 8 heteroatoms. The summed E-state index contributed by atoms with van der Waals surface area (Å²) < 4.78 is 0. The van der Waals surface area contributed by atoms with Gasteiger partial charge in [0.2, 0.25) is 11.0 Å². The average Bonchev–Trinajstić information content (AvgIpc) is 3.38. The Kier molecular flexibility index (Phi) is 5.84. The lowest BCUT2D eigenvalue weighted by atomic mass is 9.75. The molecule has 2 aromatic carbocycles. The van der Waals surface area contributed by atoms with Gasteiger partial charge in [0.25, 0.3) is 5.91 Å². The summed E-state index contributed by atoms with van der Waals surface area (Å²) in [5, 5.41) is 17.7. The summed E-state index contributed by atoms with van der Waals surface area (Å²) in [5.41, 5.74) is 9.58. The van der Waals surface area contributed by atoms with Gasteiger partial charge in [-0.2, -0.15) is 15.4 Å². The van der Waals surface area contributed by atoms with Crippen LogP contribution in [0.1, 0.15) is 24.0 Å². The van der Waals surface area contributed by atoms with Crippen LogP contribution in [0, 0.1) is 30.1 Å². The molecule has 0 fully saturated rings. The summed E-state index contributed by atoms with van der Waals surface area (Å²) in [6.07, 6.45) is 0. The Balaban J connectivity index is 1.69. The van der Waals surface area contributed by atoms with Crippen molar-refractivity contribution in [1.29, 1.82) is 5.26 Å². The van der Waals surface area contributed by atoms with E-state index in [1.54, 1.807) is 31.2 Å². The van der Waals surface area contributed by atoms with Crippen LogP contribution in [0.4, 0.5) is 5.13 Å². The highest BCUT2D eigenvalue weighted by Gasteiger charge is 2.46. The second-order valence-corrected chi connectivity index (χ2v) is 8.53. The van der Waals surface area contributed by atoms with Gasteiger partial charge in [0.15, 0.2) is 0 Å². The molecule has 4 rings (SSSR count). The maximum atomic E-state index is 13.5. The van der Waals surface area contributed by atoms with Crippen LogP contribution in [0.25, 0.3) is 11.3 Å². The zero-order valence-corrected chi connectivity index (χ0v) is 18.4. The molecule has 2 heterocycles. The van der Waals surface area contributed by atoms with Crippen LogP contribution in [0.3, 0.4) is 0 Å². The standard InChI is InChI=1S/C24H21N5O2S/c1-14-8-10-16(11-9-14)19-13-32-24(27-19)29-23(31)20(15(2)28-29)21(18(12-25)22(26)30)17-6-4-3-5-7-17/h3-11,13,18,20-21H,1-2H3,(H2,26,30). The average molecular weight is 444 g/mol. The van der Waals surface area contributed by atoms with Crippen molar-refractivity contribution >= 4 is 34.0 Å². The maximum absolute atomic E-state index is 13.5. The molecule has 0 spiro atoms. The Morgan fingerprint density at radius 1 is 1.16 bits per heavy atom. The molecule has 0 radical (unpaired) electrons. The Hall–Kier alpha value is -3.83. The number of nitrogens with zero attached hydrogens (tertiary/aromatic N) is 4. The third-order valence-electron chi connectivity index (χ3n) is 5.55. The number of hydrogen-bond donors (Lipinski definition) is 1. The summed E-state index contributed by atoms with van der Waals surface area (Å²) in [6.45, 7) is 3.74. The largest absolute Gasteiger partial charge is 0.369 e. The van der Waals surface area contributed by atoms with Crippen molar-refractivity contribution in [3.8, 4) is 17.3 Å². The molecule has 3 aromatic rings. The van der Waals surface area contributed by atoms with Crippen molar-refractivity contribution in [2.24, 2.45) is 22.7 Å². The molecule has 32 heavy (non-hydrogen) atoms. The predicted molar refractivity (Wildman–Crippen MR) is 124 cm³/mol. The van der Waals surface area contributed by atoms with Gasteiger partial charge in [-0.05, 0) is 19.4 Å². The Labute approximate surface area is 189 Å². The number of rotatable bonds is 6. The van der Waals surface area contributed by atoms with Crippen molar-refractivity contribution < 1.29 is 9.59 Å². The van der Waals surface area contributed by atoms with Gasteiger partial charge in [-0.15, -0.1) is 11.3 Å². The number of carbonyl (C=O) groups is 2. The van der Waals surface area contributed by atoms with Crippen molar-refractivity contribution in [2.45, 2.75) is 19.8 Å². The number of anilines is 1. The quantitative estimate of drug-likeness (QED) is 0.623. The molecule has 0 aliphatic carbocycles. The van der Waals surface area contributed by atoms with Gasteiger partial charge >= 0.3 is 0 Å². The normalized spacial score (nSPS) is 17.5. The molecule has 0 saturated carbocycles. The second-order valence-electron chi connectivity index (χ2n) is 7.70. The molecule has 0 saturated heterocycles. The Bertz CT molecular complexity index is 1230. The Morgan fingerprint density at radius 3 is 2.47 bits per heavy atom. The topological polar surface area (TPSA) is 112 Å². The monoisotopic (exact) mass is 443 g/mol. The van der Waals surface area contributed by atoms with Gasteiger partial charge in [-0.3, -0.25) is 9.59 Å². The third kappa shape index (κ3) is 3.90. The van der Waals surface area contributed by atoms with E-state index in [-0.39, 0.29) is 5.91 Å². The van der Waals surface area contributed by atoms with Gasteiger partial charge in [-0.25, -0.2) is 4.98 Å². The van der Waals surface area contributed by atoms with Gasteiger partial charge in [0.1, 0.15) is 5.92 Å². The molecule has 3 atom stereocenters. The molecule has 7 nitrogen and oxygen atoms in total. The van der Waals surface area contributed by atoms with Crippen LogP contribution in [0.5, 0.6) is 0 Å². The minimum absolute atomic E-state index is 0.331. The number of nitrogens with two attached hydrogens (primary N) is 1. The number of thiazole rings is 1. The van der Waals surface area contributed by atoms with Crippen LogP contribution in [0.15, 0.2) is 65.1 Å². The number of amides is 2. The minimum Gasteiger partial charge on any atom is -0.369 e. The molecule has 0 bridgehead atoms. The molecule has 1 aliphatic heterocycles. The van der Waals surface area contributed by atoms with Crippen molar-refractivity contribution in [2.75, 3.05) is 5.01 Å². The number of primary amides is 1. The number of carbonyl (C=O) groups excluding carboxylic acids is 2. The van der Waals surface area contributed by atoms with E-state index in [2.05, 4.69) is 10.1 Å². The van der Waals surface area contributed by atoms with E-state index in [0.717, 1.165) is 16.8 Å². The Morgan fingerprint density at radius 2 is 1.84 bits per heavy atom. The van der Waals surface area contributed by atoms with E-state index in [9.17, 15) is 14.9 Å². The van der Waals surface area contributed by atoms with Crippen LogP contribution in [-0.4, -0.2) is 22.5 Å². The van der Waals surface area contributed by atoms with E-state index < -0.39 is 23.7 Å². The summed E-state index contributed by atoms with van der Waals surface area (Å²) in [6, 6.07) is 19.0. The molecule has 1 aliphatic rings. The highest BCUT2D eigenvalue weighted by molar-refractivity contribution is 7.14. The fourth-order valence-electron chi connectivity index (χ4n) is 3.92. The van der Waals surface area contributed by atoms with Gasteiger partial charge in [0, 0.05) is 22.6 Å². The molecule has 160 valence electrons. The van der Waals surface area contributed by atoms with Crippen LogP contribution >= 0.6 is 11.3 Å². The van der Waals surface area contributed by atoms with Crippen molar-refractivity contribution in [1.82, 2.24) is 4.98 Å². The maximum Gasteiger partial charge on any atom is 0.259 e. The summed E-state index contributed by atoms with van der Waals surface area (Å²) in [7, 11) is 0. The van der Waals surface area contributed by atoms with Gasteiger partial charge in [0.05, 0.1) is 17.7 Å². The van der Waals surface area contributed by atoms with E-state index in [1.165, 1.54) is 16.3 Å². The highest BCUT2D eigenvalue weighted by atomic mass is 32.1. The number of nitriles is 1. The zero-order valence-electron chi connectivity index (χ0n) is 17.6. The predicted octanol–water partition coefficient (Wildman–Crippen LogP) is 3.87. The lowest BCUT2D eigenvalue weighted by molar-refractivity contribution is -0.123. The van der Waals surface area contributed by atoms with Crippen LogP contribution in [-0.2, 0) is 9.59 Å². The fraction of sp³-hybridized carbons (Fsp3) is 0.208. The molecular weight excluding hydrogens is 422 g/mol. The summed E-state index contributed by atoms with van der Waals surface area (Å²) in [5.74, 6) is -3.80. The summed E-state index contributed by atoms with van der Waals surface area (Å²) in [4.78, 5) is 30.2. The first-order valence-corrected chi connectivity index (χ1v) is 10.9. The molecule has 2 N–H and O–H groups in total. The zero-order chi connectivity index (χ0) is 22.8. The number of hydrogen-bond acceptors (Lipinski definition) is 6. The smallest absolute Gasteiger partial charge is 0.259 e.